The predicted molar refractivity (Wildman–Crippen MR) is 132 cm³/mol. The molecule has 8 heteroatoms. The fraction of sp³-hybridized carbons (Fsp3) is 0.269. The van der Waals surface area contributed by atoms with Crippen LogP contribution in [0, 0.1) is 0 Å². The Morgan fingerprint density at radius 1 is 1.03 bits per heavy atom. The zero-order valence-electron chi connectivity index (χ0n) is 19.1. The summed E-state index contributed by atoms with van der Waals surface area (Å²) in [6, 6.07) is 19.6. The number of halogens is 1. The molecule has 0 aliphatic heterocycles. The van der Waals surface area contributed by atoms with Gasteiger partial charge in [0.2, 0.25) is 9.84 Å². The molecular formula is C26H28ClNO5S. The maximum Gasteiger partial charge on any atom is 0.338 e. The molecule has 6 nitrogen and oxygen atoms in total. The number of aliphatic hydroxyl groups excluding tert-OH is 1. The van der Waals surface area contributed by atoms with Crippen molar-refractivity contribution in [2.45, 2.75) is 42.2 Å². The summed E-state index contributed by atoms with van der Waals surface area (Å²) < 4.78 is 30.8. The first kappa shape index (κ1) is 25.9. The maximum atomic E-state index is 12.9. The van der Waals surface area contributed by atoms with Crippen molar-refractivity contribution in [3.63, 3.8) is 0 Å². The summed E-state index contributed by atoms with van der Waals surface area (Å²) in [5.41, 5.74) is 2.02. The van der Waals surface area contributed by atoms with E-state index in [-0.39, 0.29) is 22.4 Å². The first-order chi connectivity index (χ1) is 16.2. The van der Waals surface area contributed by atoms with E-state index in [1.54, 1.807) is 49.4 Å². The minimum absolute atomic E-state index is 0.0618. The molecular weight excluding hydrogens is 474 g/mol. The summed E-state index contributed by atoms with van der Waals surface area (Å²) in [6.07, 6.45) is -0.0134. The van der Waals surface area contributed by atoms with Gasteiger partial charge in [-0.3, -0.25) is 0 Å². The SMILES string of the molecule is CCOC(=O)c1ccc(S(=O)(=O)c2ccc(C[C@H](C)NC[C@H](O)c3cccc(Cl)c3)cc2)cc1. The van der Waals surface area contributed by atoms with Crippen molar-refractivity contribution < 1.29 is 23.1 Å². The number of carbonyl (C=O) groups is 1. The van der Waals surface area contributed by atoms with E-state index in [0.29, 0.717) is 23.6 Å². The smallest absolute Gasteiger partial charge is 0.338 e. The third-order valence-electron chi connectivity index (χ3n) is 5.34. The number of ether oxygens (including phenoxy) is 1. The lowest BCUT2D eigenvalue weighted by Crippen LogP contribution is -2.32. The molecule has 0 amide bonds. The van der Waals surface area contributed by atoms with Crippen molar-refractivity contribution in [3.8, 4) is 0 Å². The van der Waals surface area contributed by atoms with E-state index >= 15 is 0 Å². The second-order valence-electron chi connectivity index (χ2n) is 7.98. The van der Waals surface area contributed by atoms with Gasteiger partial charge >= 0.3 is 5.97 Å². The van der Waals surface area contributed by atoms with Gasteiger partial charge in [0.05, 0.1) is 28.1 Å². The van der Waals surface area contributed by atoms with Gasteiger partial charge in [-0.25, -0.2) is 13.2 Å². The first-order valence-electron chi connectivity index (χ1n) is 11.0. The number of benzene rings is 3. The number of sulfone groups is 1. The van der Waals surface area contributed by atoms with Crippen LogP contribution in [0.2, 0.25) is 5.02 Å². The molecule has 0 bridgehead atoms. The lowest BCUT2D eigenvalue weighted by atomic mass is 10.1. The van der Waals surface area contributed by atoms with Crippen LogP contribution in [-0.4, -0.2) is 38.7 Å². The van der Waals surface area contributed by atoms with Gasteiger partial charge in [0.1, 0.15) is 0 Å². The summed E-state index contributed by atoms with van der Waals surface area (Å²) >= 11 is 5.98. The Balaban J connectivity index is 1.60. The predicted octanol–water partition coefficient (Wildman–Crippen LogP) is 4.60. The summed E-state index contributed by atoms with van der Waals surface area (Å²) in [5.74, 6) is -0.487. The topological polar surface area (TPSA) is 92.7 Å². The average molecular weight is 502 g/mol. The fourth-order valence-corrected chi connectivity index (χ4v) is 4.96. The van der Waals surface area contributed by atoms with Gasteiger partial charge in [-0.15, -0.1) is 0 Å². The highest BCUT2D eigenvalue weighted by atomic mass is 35.5. The summed E-state index contributed by atoms with van der Waals surface area (Å²) in [6.45, 7) is 4.33. The zero-order valence-corrected chi connectivity index (χ0v) is 20.6. The minimum Gasteiger partial charge on any atom is -0.462 e. The van der Waals surface area contributed by atoms with Gasteiger partial charge in [0.15, 0.2) is 0 Å². The standard InChI is InChI=1S/C26H28ClNO5S/c1-3-33-26(30)20-9-13-24(14-10-20)34(31,32)23-11-7-19(8-12-23)15-18(2)28-17-25(29)21-5-4-6-22(27)16-21/h4-14,16,18,25,28-29H,3,15,17H2,1-2H3/t18-,25-/m0/s1. The number of hydrogen-bond acceptors (Lipinski definition) is 6. The van der Waals surface area contributed by atoms with E-state index in [1.165, 1.54) is 24.3 Å². The van der Waals surface area contributed by atoms with Crippen LogP contribution < -0.4 is 5.32 Å². The number of esters is 1. The van der Waals surface area contributed by atoms with Gasteiger partial charge in [0, 0.05) is 17.6 Å². The van der Waals surface area contributed by atoms with Crippen LogP contribution >= 0.6 is 11.6 Å². The Kier molecular flexibility index (Phi) is 8.85. The first-order valence-corrected chi connectivity index (χ1v) is 12.8. The van der Waals surface area contributed by atoms with E-state index in [4.69, 9.17) is 16.3 Å². The van der Waals surface area contributed by atoms with Gasteiger partial charge in [-0.05, 0) is 79.9 Å². The maximum absolute atomic E-state index is 12.9. The third-order valence-corrected chi connectivity index (χ3v) is 7.37. The molecule has 0 aliphatic rings. The van der Waals surface area contributed by atoms with Crippen LogP contribution in [0.1, 0.15) is 41.4 Å². The number of hydrogen-bond donors (Lipinski definition) is 2. The van der Waals surface area contributed by atoms with Crippen LogP contribution in [0.15, 0.2) is 82.6 Å². The highest BCUT2D eigenvalue weighted by molar-refractivity contribution is 7.91. The normalized spacial score (nSPS) is 13.3. The Hall–Kier alpha value is -2.71. The lowest BCUT2D eigenvalue weighted by molar-refractivity contribution is 0.0526. The van der Waals surface area contributed by atoms with E-state index in [1.807, 2.05) is 13.0 Å². The number of rotatable bonds is 10. The summed E-state index contributed by atoms with van der Waals surface area (Å²) in [7, 11) is -3.71. The van der Waals surface area contributed by atoms with Crippen LogP contribution in [0.4, 0.5) is 0 Å². The monoisotopic (exact) mass is 501 g/mol. The molecule has 3 aromatic rings. The molecule has 0 heterocycles. The minimum atomic E-state index is -3.71. The molecule has 2 N–H and O–H groups in total. The van der Waals surface area contributed by atoms with Gasteiger partial charge < -0.3 is 15.2 Å². The lowest BCUT2D eigenvalue weighted by Gasteiger charge is -2.18. The quantitative estimate of drug-likeness (QED) is 0.394. The van der Waals surface area contributed by atoms with Crippen molar-refractivity contribution in [2.75, 3.05) is 13.2 Å². The molecule has 0 radical (unpaired) electrons. The molecule has 0 aliphatic carbocycles. The average Bonchev–Trinajstić information content (AvgIpc) is 2.83. The number of aliphatic hydroxyl groups is 1. The molecule has 0 aromatic heterocycles. The zero-order chi connectivity index (χ0) is 24.7. The fourth-order valence-electron chi connectivity index (χ4n) is 3.50. The van der Waals surface area contributed by atoms with Crippen LogP contribution in [0.3, 0.4) is 0 Å². The molecule has 34 heavy (non-hydrogen) atoms. The van der Waals surface area contributed by atoms with Crippen LogP contribution in [0.5, 0.6) is 0 Å². The highest BCUT2D eigenvalue weighted by Gasteiger charge is 2.19. The molecule has 0 spiro atoms. The molecule has 3 rings (SSSR count). The Bertz CT molecular complexity index is 1210. The highest BCUT2D eigenvalue weighted by Crippen LogP contribution is 2.22. The van der Waals surface area contributed by atoms with Crippen molar-refractivity contribution in [3.05, 3.63) is 94.5 Å². The Morgan fingerprint density at radius 2 is 1.65 bits per heavy atom. The van der Waals surface area contributed by atoms with E-state index < -0.39 is 21.9 Å². The number of nitrogens with one attached hydrogen (secondary N) is 1. The Morgan fingerprint density at radius 3 is 2.24 bits per heavy atom. The molecule has 0 fully saturated rings. The van der Waals surface area contributed by atoms with Gasteiger partial charge in [-0.1, -0.05) is 35.9 Å². The molecule has 0 saturated heterocycles. The summed E-state index contributed by atoms with van der Waals surface area (Å²) in [4.78, 5) is 12.1. The van der Waals surface area contributed by atoms with Crippen molar-refractivity contribution in [1.82, 2.24) is 5.32 Å². The van der Waals surface area contributed by atoms with Crippen molar-refractivity contribution >= 4 is 27.4 Å². The summed E-state index contributed by atoms with van der Waals surface area (Å²) in [5, 5.41) is 14.2. The number of carbonyl (C=O) groups excluding carboxylic acids is 1. The van der Waals surface area contributed by atoms with Crippen LogP contribution in [-0.2, 0) is 21.0 Å². The molecule has 0 unspecified atom stereocenters. The molecule has 0 saturated carbocycles. The van der Waals surface area contributed by atoms with Crippen molar-refractivity contribution in [1.29, 1.82) is 0 Å². The van der Waals surface area contributed by atoms with E-state index in [0.717, 1.165) is 11.1 Å². The molecule has 3 aromatic carbocycles. The van der Waals surface area contributed by atoms with E-state index in [9.17, 15) is 18.3 Å². The van der Waals surface area contributed by atoms with E-state index in [2.05, 4.69) is 5.32 Å². The van der Waals surface area contributed by atoms with Crippen LogP contribution in [0.25, 0.3) is 0 Å². The molecule has 180 valence electrons. The second kappa shape index (κ2) is 11.6. The Labute approximate surface area is 205 Å². The second-order valence-corrected chi connectivity index (χ2v) is 10.4. The largest absolute Gasteiger partial charge is 0.462 e. The molecule has 2 atom stereocenters. The van der Waals surface area contributed by atoms with Gasteiger partial charge in [0.25, 0.3) is 0 Å². The van der Waals surface area contributed by atoms with Crippen molar-refractivity contribution in [2.24, 2.45) is 0 Å². The van der Waals surface area contributed by atoms with Gasteiger partial charge in [-0.2, -0.15) is 0 Å². The third kappa shape index (κ3) is 6.67.